The molecule has 0 fully saturated rings. The fourth-order valence-electron chi connectivity index (χ4n) is 1.94. The van der Waals surface area contributed by atoms with Crippen LogP contribution < -0.4 is 4.74 Å². The monoisotopic (exact) mass is 318 g/mol. The van der Waals surface area contributed by atoms with Crippen molar-refractivity contribution in [3.63, 3.8) is 0 Å². The molecule has 0 unspecified atom stereocenters. The summed E-state index contributed by atoms with van der Waals surface area (Å²) in [7, 11) is 3.86. The molecule has 0 saturated carbocycles. The van der Waals surface area contributed by atoms with Crippen molar-refractivity contribution in [2.45, 2.75) is 19.4 Å². The summed E-state index contributed by atoms with van der Waals surface area (Å²) in [6.45, 7) is 4.01. The van der Waals surface area contributed by atoms with Crippen molar-refractivity contribution in [3.05, 3.63) is 30.2 Å². The molecule has 0 saturated heterocycles. The first-order valence-electron chi connectivity index (χ1n) is 7.31. The summed E-state index contributed by atoms with van der Waals surface area (Å²) in [5.74, 6) is 0.128. The standard InChI is InChI=1S/C16H22N4O3/c1-16(2,22)9-23-15-13-11(8-17-14(13)18-10-19-15)12(21)6-5-7-20(3)4/h5-6,8,10,22H,7,9H2,1-4H3,(H,17,18,19). The molecule has 0 aliphatic rings. The zero-order valence-electron chi connectivity index (χ0n) is 13.8. The van der Waals surface area contributed by atoms with Crippen LogP contribution in [0.1, 0.15) is 24.2 Å². The number of allylic oxidation sites excluding steroid dienone is 1. The smallest absolute Gasteiger partial charge is 0.226 e. The third-order valence-electron chi connectivity index (χ3n) is 3.00. The molecule has 7 nitrogen and oxygen atoms in total. The maximum absolute atomic E-state index is 12.4. The number of rotatable bonds is 7. The van der Waals surface area contributed by atoms with Crippen LogP contribution in [-0.2, 0) is 0 Å². The number of carbonyl (C=O) groups excluding carboxylic acids is 1. The van der Waals surface area contributed by atoms with Crippen LogP contribution in [0.25, 0.3) is 11.0 Å². The molecule has 0 aromatic carbocycles. The van der Waals surface area contributed by atoms with E-state index < -0.39 is 5.60 Å². The van der Waals surface area contributed by atoms with Crippen LogP contribution in [0.4, 0.5) is 0 Å². The van der Waals surface area contributed by atoms with E-state index in [1.165, 1.54) is 12.4 Å². The summed E-state index contributed by atoms with van der Waals surface area (Å²) in [6, 6.07) is 0. The molecule has 124 valence electrons. The average Bonchev–Trinajstić information content (AvgIpc) is 2.88. The Morgan fingerprint density at radius 1 is 1.43 bits per heavy atom. The van der Waals surface area contributed by atoms with Gasteiger partial charge in [0, 0.05) is 12.7 Å². The number of ether oxygens (including phenoxy) is 1. The third-order valence-corrected chi connectivity index (χ3v) is 3.00. The van der Waals surface area contributed by atoms with Gasteiger partial charge in [-0.1, -0.05) is 6.08 Å². The first-order valence-corrected chi connectivity index (χ1v) is 7.31. The Morgan fingerprint density at radius 2 is 2.17 bits per heavy atom. The number of hydrogen-bond acceptors (Lipinski definition) is 6. The van der Waals surface area contributed by atoms with E-state index in [0.717, 1.165) is 0 Å². The van der Waals surface area contributed by atoms with Crippen molar-refractivity contribution in [2.75, 3.05) is 27.2 Å². The number of likely N-dealkylation sites (N-methyl/N-ethyl adjacent to an activating group) is 1. The number of aliphatic hydroxyl groups is 1. The van der Waals surface area contributed by atoms with Crippen LogP contribution in [0, 0.1) is 0 Å². The summed E-state index contributed by atoms with van der Waals surface area (Å²) in [5, 5.41) is 10.3. The van der Waals surface area contributed by atoms with Gasteiger partial charge in [0.05, 0.1) is 16.6 Å². The maximum atomic E-state index is 12.4. The van der Waals surface area contributed by atoms with Gasteiger partial charge in [0.1, 0.15) is 18.6 Å². The van der Waals surface area contributed by atoms with Gasteiger partial charge in [0.15, 0.2) is 5.78 Å². The third kappa shape index (κ3) is 4.61. The summed E-state index contributed by atoms with van der Waals surface area (Å²) in [4.78, 5) is 25.5. The molecule has 0 aliphatic heterocycles. The molecule has 7 heteroatoms. The normalized spacial score (nSPS) is 12.4. The minimum Gasteiger partial charge on any atom is -0.474 e. The molecule has 2 N–H and O–H groups in total. The number of nitrogens with zero attached hydrogens (tertiary/aromatic N) is 3. The lowest BCUT2D eigenvalue weighted by molar-refractivity contribution is 0.0274. The summed E-state index contributed by atoms with van der Waals surface area (Å²) >= 11 is 0. The largest absolute Gasteiger partial charge is 0.474 e. The van der Waals surface area contributed by atoms with Gasteiger partial charge in [-0.2, -0.15) is 0 Å². The van der Waals surface area contributed by atoms with E-state index in [9.17, 15) is 9.90 Å². The molecule has 2 heterocycles. The second-order valence-corrected chi connectivity index (χ2v) is 6.23. The van der Waals surface area contributed by atoms with E-state index in [1.54, 1.807) is 26.1 Å². The number of fused-ring (bicyclic) bond motifs is 1. The Bertz CT molecular complexity index is 714. The zero-order chi connectivity index (χ0) is 17.0. The number of H-pyrrole nitrogens is 1. The van der Waals surface area contributed by atoms with Gasteiger partial charge in [-0.3, -0.25) is 4.79 Å². The van der Waals surface area contributed by atoms with Crippen molar-refractivity contribution in [2.24, 2.45) is 0 Å². The number of ketones is 1. The Balaban J connectivity index is 2.30. The average molecular weight is 318 g/mol. The first-order chi connectivity index (χ1) is 10.8. The second kappa shape index (κ2) is 6.89. The quantitative estimate of drug-likeness (QED) is 0.592. The van der Waals surface area contributed by atoms with E-state index >= 15 is 0 Å². The summed E-state index contributed by atoms with van der Waals surface area (Å²) in [6.07, 6.45) is 6.27. The summed E-state index contributed by atoms with van der Waals surface area (Å²) < 4.78 is 5.57. The lowest BCUT2D eigenvalue weighted by atomic mass is 10.1. The van der Waals surface area contributed by atoms with Crippen molar-refractivity contribution in [1.82, 2.24) is 19.9 Å². The van der Waals surface area contributed by atoms with Crippen molar-refractivity contribution < 1.29 is 14.6 Å². The fourth-order valence-corrected chi connectivity index (χ4v) is 1.94. The molecule has 0 atom stereocenters. The number of carbonyl (C=O) groups is 1. The molecule has 0 spiro atoms. The van der Waals surface area contributed by atoms with Crippen LogP contribution in [0.15, 0.2) is 24.7 Å². The Morgan fingerprint density at radius 3 is 2.83 bits per heavy atom. The van der Waals surface area contributed by atoms with E-state index in [1.807, 2.05) is 19.0 Å². The first kappa shape index (κ1) is 17.1. The van der Waals surface area contributed by atoms with E-state index in [0.29, 0.717) is 23.1 Å². The van der Waals surface area contributed by atoms with Gasteiger partial charge in [-0.25, -0.2) is 9.97 Å². The molecule has 0 bridgehead atoms. The summed E-state index contributed by atoms with van der Waals surface area (Å²) in [5.41, 5.74) is -0.0277. The van der Waals surface area contributed by atoms with Crippen molar-refractivity contribution in [3.8, 4) is 5.88 Å². The SMILES string of the molecule is CN(C)CC=CC(=O)c1c[nH]c2ncnc(OCC(C)(C)O)c12. The van der Waals surface area contributed by atoms with Crippen LogP contribution in [0.5, 0.6) is 5.88 Å². The fraction of sp³-hybridized carbons (Fsp3) is 0.438. The Hall–Kier alpha value is -2.25. The molecule has 0 radical (unpaired) electrons. The predicted octanol–water partition coefficient (Wildman–Crippen LogP) is 1.41. The van der Waals surface area contributed by atoms with Crippen LogP contribution in [0.2, 0.25) is 0 Å². The minimum atomic E-state index is -0.997. The Labute approximate surface area is 135 Å². The highest BCUT2D eigenvalue weighted by atomic mass is 16.5. The predicted molar refractivity (Wildman–Crippen MR) is 87.7 cm³/mol. The molecule has 23 heavy (non-hydrogen) atoms. The molecule has 2 aromatic rings. The minimum absolute atomic E-state index is 0.0639. The van der Waals surface area contributed by atoms with Crippen molar-refractivity contribution >= 4 is 16.8 Å². The number of nitrogens with one attached hydrogen (secondary N) is 1. The number of aromatic amines is 1. The maximum Gasteiger partial charge on any atom is 0.226 e. The van der Waals surface area contributed by atoms with Crippen molar-refractivity contribution in [1.29, 1.82) is 0 Å². The lowest BCUT2D eigenvalue weighted by Gasteiger charge is -2.17. The molecular formula is C16H22N4O3. The van der Waals surface area contributed by atoms with Crippen LogP contribution in [0.3, 0.4) is 0 Å². The van der Waals surface area contributed by atoms with Gasteiger partial charge < -0.3 is 19.7 Å². The topological polar surface area (TPSA) is 91.3 Å². The van der Waals surface area contributed by atoms with Crippen LogP contribution >= 0.6 is 0 Å². The number of aromatic nitrogens is 3. The zero-order valence-corrected chi connectivity index (χ0v) is 13.8. The van der Waals surface area contributed by atoms with E-state index in [4.69, 9.17) is 4.74 Å². The van der Waals surface area contributed by atoms with Gasteiger partial charge in [0.2, 0.25) is 5.88 Å². The van der Waals surface area contributed by atoms with Crippen LogP contribution in [-0.4, -0.2) is 63.6 Å². The van der Waals surface area contributed by atoms with Gasteiger partial charge in [-0.15, -0.1) is 0 Å². The molecule has 2 aromatic heterocycles. The van der Waals surface area contributed by atoms with Gasteiger partial charge in [0.25, 0.3) is 0 Å². The van der Waals surface area contributed by atoms with Gasteiger partial charge in [-0.05, 0) is 34.0 Å². The lowest BCUT2D eigenvalue weighted by Crippen LogP contribution is -2.28. The highest BCUT2D eigenvalue weighted by Gasteiger charge is 2.19. The molecule has 2 rings (SSSR count). The molecular weight excluding hydrogens is 296 g/mol. The van der Waals surface area contributed by atoms with E-state index in [-0.39, 0.29) is 18.3 Å². The second-order valence-electron chi connectivity index (χ2n) is 6.23. The number of hydrogen-bond donors (Lipinski definition) is 2. The molecule has 0 aliphatic carbocycles. The van der Waals surface area contributed by atoms with E-state index in [2.05, 4.69) is 15.0 Å². The highest BCUT2D eigenvalue weighted by molar-refractivity contribution is 6.13. The Kier molecular flexibility index (Phi) is 5.12. The highest BCUT2D eigenvalue weighted by Crippen LogP contribution is 2.26. The van der Waals surface area contributed by atoms with Gasteiger partial charge >= 0.3 is 0 Å². The molecule has 0 amide bonds.